The molecule has 2 amide bonds. The second-order valence-electron chi connectivity index (χ2n) is 5.72. The number of hydrogen-bond donors (Lipinski definition) is 1. The van der Waals surface area contributed by atoms with E-state index in [1.165, 1.54) is 22.4 Å². The van der Waals surface area contributed by atoms with Crippen LogP contribution in [0.3, 0.4) is 0 Å². The van der Waals surface area contributed by atoms with Crippen molar-refractivity contribution in [3.05, 3.63) is 76.8 Å². The molecule has 3 aromatic rings. The Balaban J connectivity index is 1.65. The normalized spacial score (nSPS) is 10.4. The fraction of sp³-hybridized carbons (Fsp3) is 0.167. The highest BCUT2D eigenvalue weighted by atomic mass is 32.1. The minimum Gasteiger partial charge on any atom is -0.350 e. The molecular formula is C18H16FN5O2S. The zero-order valence-corrected chi connectivity index (χ0v) is 15.0. The Kier molecular flexibility index (Phi) is 6.16. The van der Waals surface area contributed by atoms with Crippen molar-refractivity contribution in [2.24, 2.45) is 0 Å². The van der Waals surface area contributed by atoms with Crippen LogP contribution in [0.5, 0.6) is 0 Å². The summed E-state index contributed by atoms with van der Waals surface area (Å²) in [7, 11) is 0. The Hall–Kier alpha value is -3.20. The van der Waals surface area contributed by atoms with Crippen molar-refractivity contribution in [2.75, 3.05) is 6.54 Å². The number of nitrogens with one attached hydrogen (secondary N) is 1. The van der Waals surface area contributed by atoms with E-state index in [1.54, 1.807) is 30.6 Å². The summed E-state index contributed by atoms with van der Waals surface area (Å²) < 4.78 is 16.6. The van der Waals surface area contributed by atoms with Gasteiger partial charge in [0.25, 0.3) is 5.91 Å². The predicted molar refractivity (Wildman–Crippen MR) is 97.1 cm³/mol. The summed E-state index contributed by atoms with van der Waals surface area (Å²) in [6.07, 6.45) is 3.27. The van der Waals surface area contributed by atoms with Crippen LogP contribution in [-0.4, -0.2) is 37.8 Å². The molecule has 0 saturated carbocycles. The molecule has 2 aromatic heterocycles. The third kappa shape index (κ3) is 5.38. The second-order valence-corrected chi connectivity index (χ2v) is 6.33. The Bertz CT molecular complexity index is 888. The van der Waals surface area contributed by atoms with E-state index in [0.717, 1.165) is 22.7 Å². The fourth-order valence-electron chi connectivity index (χ4n) is 2.36. The van der Waals surface area contributed by atoms with Crippen molar-refractivity contribution in [3.63, 3.8) is 0 Å². The smallest absolute Gasteiger partial charge is 0.276 e. The lowest BCUT2D eigenvalue weighted by Gasteiger charge is -2.21. The van der Waals surface area contributed by atoms with E-state index in [0.29, 0.717) is 0 Å². The maximum atomic E-state index is 12.9. The standard InChI is InChI=1S/C18H16FN5O2S/c19-15-5-3-13(4-6-15)9-21-17(25)11-24(10-14-2-1-7-20-8-14)18(26)16-12-27-23-22-16/h1-8,12H,9-11H2,(H,21,25). The van der Waals surface area contributed by atoms with Gasteiger partial charge in [-0.2, -0.15) is 0 Å². The quantitative estimate of drug-likeness (QED) is 0.672. The molecule has 0 spiro atoms. The van der Waals surface area contributed by atoms with Crippen LogP contribution in [-0.2, 0) is 17.9 Å². The second kappa shape index (κ2) is 8.95. The van der Waals surface area contributed by atoms with E-state index in [1.807, 2.05) is 6.07 Å². The minimum absolute atomic E-state index is 0.146. The molecule has 0 radical (unpaired) electrons. The van der Waals surface area contributed by atoms with Crippen molar-refractivity contribution >= 4 is 23.3 Å². The SMILES string of the molecule is O=C(CN(Cc1cccnc1)C(=O)c1csnn1)NCc1ccc(F)cc1. The highest BCUT2D eigenvalue weighted by molar-refractivity contribution is 7.03. The first-order valence-corrected chi connectivity index (χ1v) is 8.92. The van der Waals surface area contributed by atoms with Crippen LogP contribution < -0.4 is 5.32 Å². The number of nitrogens with zero attached hydrogens (tertiary/aromatic N) is 4. The molecule has 1 aromatic carbocycles. The number of benzene rings is 1. The number of pyridine rings is 1. The van der Waals surface area contributed by atoms with Crippen LogP contribution in [0.15, 0.2) is 54.2 Å². The zero-order chi connectivity index (χ0) is 19.1. The lowest BCUT2D eigenvalue weighted by Crippen LogP contribution is -2.40. The lowest BCUT2D eigenvalue weighted by atomic mass is 10.2. The van der Waals surface area contributed by atoms with E-state index >= 15 is 0 Å². The number of amides is 2. The summed E-state index contributed by atoms with van der Waals surface area (Å²) in [5.74, 6) is -1.06. The first-order valence-electron chi connectivity index (χ1n) is 8.08. The van der Waals surface area contributed by atoms with Crippen molar-refractivity contribution in [1.82, 2.24) is 24.8 Å². The van der Waals surface area contributed by atoms with Gasteiger partial charge in [0.05, 0.1) is 0 Å². The summed E-state index contributed by atoms with van der Waals surface area (Å²) in [5.41, 5.74) is 1.74. The van der Waals surface area contributed by atoms with Crippen molar-refractivity contribution in [3.8, 4) is 0 Å². The molecule has 0 saturated heterocycles. The molecule has 138 valence electrons. The van der Waals surface area contributed by atoms with Crippen molar-refractivity contribution in [1.29, 1.82) is 0 Å². The van der Waals surface area contributed by atoms with E-state index < -0.39 is 0 Å². The summed E-state index contributed by atoms with van der Waals surface area (Å²) >= 11 is 1.07. The van der Waals surface area contributed by atoms with Crippen LogP contribution in [0, 0.1) is 5.82 Å². The van der Waals surface area contributed by atoms with Gasteiger partial charge < -0.3 is 10.2 Å². The zero-order valence-electron chi connectivity index (χ0n) is 14.2. The summed E-state index contributed by atoms with van der Waals surface area (Å²) in [6.45, 7) is 0.312. The molecule has 7 nitrogen and oxygen atoms in total. The molecule has 0 atom stereocenters. The van der Waals surface area contributed by atoms with Gasteiger partial charge in [-0.15, -0.1) is 5.10 Å². The first-order chi connectivity index (χ1) is 13.1. The monoisotopic (exact) mass is 385 g/mol. The van der Waals surface area contributed by atoms with Gasteiger partial charge in [-0.05, 0) is 40.9 Å². The molecule has 0 bridgehead atoms. The van der Waals surface area contributed by atoms with Crippen LogP contribution in [0.4, 0.5) is 4.39 Å². The molecule has 0 aliphatic rings. The van der Waals surface area contributed by atoms with E-state index in [-0.39, 0.29) is 43.0 Å². The number of halogens is 1. The first kappa shape index (κ1) is 18.6. The van der Waals surface area contributed by atoms with Crippen molar-refractivity contribution in [2.45, 2.75) is 13.1 Å². The van der Waals surface area contributed by atoms with Crippen molar-refractivity contribution < 1.29 is 14.0 Å². The summed E-state index contributed by atoms with van der Waals surface area (Å²) in [4.78, 5) is 30.4. The number of carbonyl (C=O) groups excluding carboxylic acids is 2. The molecule has 0 aliphatic heterocycles. The molecule has 0 aliphatic carbocycles. The van der Waals surface area contributed by atoms with Gasteiger partial charge in [0.15, 0.2) is 5.69 Å². The highest BCUT2D eigenvalue weighted by Crippen LogP contribution is 2.09. The average Bonchev–Trinajstić information content (AvgIpc) is 3.22. The maximum absolute atomic E-state index is 12.9. The van der Waals surface area contributed by atoms with Gasteiger partial charge in [-0.3, -0.25) is 14.6 Å². The molecule has 9 heteroatoms. The predicted octanol–water partition coefficient (Wildman–Crippen LogP) is 2.03. The largest absolute Gasteiger partial charge is 0.350 e. The molecule has 2 heterocycles. The summed E-state index contributed by atoms with van der Waals surface area (Å²) in [5, 5.41) is 8.05. The Morgan fingerprint density at radius 2 is 1.96 bits per heavy atom. The van der Waals surface area contributed by atoms with Gasteiger partial charge in [-0.1, -0.05) is 22.7 Å². The van der Waals surface area contributed by atoms with Gasteiger partial charge in [0.2, 0.25) is 5.91 Å². The molecule has 0 unspecified atom stereocenters. The number of aromatic nitrogens is 3. The van der Waals surface area contributed by atoms with E-state index in [2.05, 4.69) is 19.9 Å². The molecular weight excluding hydrogens is 369 g/mol. The average molecular weight is 385 g/mol. The summed E-state index contributed by atoms with van der Waals surface area (Å²) in [6, 6.07) is 9.42. The molecule has 27 heavy (non-hydrogen) atoms. The fourth-order valence-corrected chi connectivity index (χ4v) is 2.79. The van der Waals surface area contributed by atoms with Crippen LogP contribution in [0.2, 0.25) is 0 Å². The van der Waals surface area contributed by atoms with E-state index in [4.69, 9.17) is 0 Å². The van der Waals surface area contributed by atoms with Gasteiger partial charge in [-0.25, -0.2) is 4.39 Å². The third-order valence-electron chi connectivity index (χ3n) is 3.70. The lowest BCUT2D eigenvalue weighted by molar-refractivity contribution is -0.122. The Morgan fingerprint density at radius 1 is 1.15 bits per heavy atom. The Morgan fingerprint density at radius 3 is 2.63 bits per heavy atom. The maximum Gasteiger partial charge on any atom is 0.276 e. The van der Waals surface area contributed by atoms with Gasteiger partial charge in [0.1, 0.15) is 12.4 Å². The van der Waals surface area contributed by atoms with Crippen LogP contribution in [0.1, 0.15) is 21.6 Å². The van der Waals surface area contributed by atoms with E-state index in [9.17, 15) is 14.0 Å². The van der Waals surface area contributed by atoms with Gasteiger partial charge in [0, 0.05) is 30.9 Å². The molecule has 3 rings (SSSR count). The molecule has 0 fully saturated rings. The number of carbonyl (C=O) groups is 2. The van der Waals surface area contributed by atoms with Crippen LogP contribution >= 0.6 is 11.5 Å². The number of hydrogen-bond acceptors (Lipinski definition) is 6. The number of rotatable bonds is 7. The molecule has 1 N–H and O–H groups in total. The van der Waals surface area contributed by atoms with Crippen LogP contribution in [0.25, 0.3) is 0 Å². The third-order valence-corrected chi connectivity index (χ3v) is 4.20. The Labute approximate surface area is 159 Å². The minimum atomic E-state index is -0.385. The topological polar surface area (TPSA) is 88.1 Å². The highest BCUT2D eigenvalue weighted by Gasteiger charge is 2.21. The van der Waals surface area contributed by atoms with Gasteiger partial charge >= 0.3 is 0 Å².